The van der Waals surface area contributed by atoms with Crippen molar-refractivity contribution < 1.29 is 141 Å². The van der Waals surface area contributed by atoms with Crippen LogP contribution in [0.4, 0.5) is 0 Å². The van der Waals surface area contributed by atoms with Crippen molar-refractivity contribution in [2.45, 2.75) is 101 Å². The molecule has 0 spiro atoms. The average Bonchev–Trinajstić information content (AvgIpc) is 4.47. The number of furan rings is 6. The molecule has 6 aromatic rings. The third kappa shape index (κ3) is 31.0. The molecule has 0 N–H and O–H groups in total. The highest BCUT2D eigenvalue weighted by Crippen LogP contribution is 2.15. The van der Waals surface area contributed by atoms with Gasteiger partial charge in [-0.1, -0.05) is 13.8 Å². The second-order valence-electron chi connectivity index (χ2n) is 15.6. The molecule has 0 aliphatic carbocycles. The van der Waals surface area contributed by atoms with Crippen LogP contribution in [0.5, 0.6) is 0 Å². The molecule has 0 atom stereocenters. The Morgan fingerprint density at radius 2 is 0.540 bits per heavy atom. The van der Waals surface area contributed by atoms with Gasteiger partial charge in [0.05, 0.1) is 41.2 Å². The van der Waals surface area contributed by atoms with E-state index in [-0.39, 0.29) is 86.1 Å². The van der Waals surface area contributed by atoms with Crippen LogP contribution >= 0.6 is 0 Å². The van der Waals surface area contributed by atoms with Gasteiger partial charge in [-0.3, -0.25) is 28.8 Å². The standard InChI is InChI=1S/C11H14O5.2C10H12O5.2C9H10O5.C8H8O5/c1-3-10(12)15-7-8-5-6-9(16-8)11(13)14-4-2;1-3-9(11)14-6-7-4-5-8(15-7)10(12)13-2;1-3-13-10(12)9-5-4-8(15-9)6-14-7(2)11;1-6(10)13-5-7-3-4-8(14-7)9(11)12-2;1-2-13-9(11)8-4-3-7(14-8)5-12-6-10;1-11-8(10)7-3-2-6(13-7)4-12-5-9/h5-6H,3-4,7H2,1-2H3;2*4-5H,3,6H2,1-2H3;3-4H,5H2,1-2H3;3-4,6H,2,5H2,1H3;2-3,5H,4H2,1H3. The summed E-state index contributed by atoms with van der Waals surface area (Å²) in [5, 5.41) is 0. The molecule has 0 saturated heterocycles. The van der Waals surface area contributed by atoms with Gasteiger partial charge >= 0.3 is 59.7 Å². The van der Waals surface area contributed by atoms with Gasteiger partial charge in [0, 0.05) is 26.7 Å². The summed E-state index contributed by atoms with van der Waals surface area (Å²) in [5.41, 5.74) is 0. The first-order valence-electron chi connectivity index (χ1n) is 25.6. The Morgan fingerprint density at radius 3 is 0.736 bits per heavy atom. The van der Waals surface area contributed by atoms with Crippen molar-refractivity contribution in [2.75, 3.05) is 41.2 Å². The van der Waals surface area contributed by atoms with Crippen LogP contribution in [-0.4, -0.2) is 114 Å². The largest absolute Gasteiger partial charge is 0.463 e. The monoisotopic (exact) mass is 1230 g/mol. The summed E-state index contributed by atoms with van der Waals surface area (Å²) in [6.07, 6.45) is 0.621. The van der Waals surface area contributed by atoms with E-state index < -0.39 is 47.8 Å². The van der Waals surface area contributed by atoms with E-state index in [2.05, 4.69) is 28.4 Å². The van der Waals surface area contributed by atoms with E-state index in [0.717, 1.165) is 0 Å². The quantitative estimate of drug-likeness (QED) is 0.0298. The Labute approximate surface area is 496 Å². The molecule has 30 nitrogen and oxygen atoms in total. The Hall–Kier alpha value is -10.7. The minimum atomic E-state index is -0.558. The third-order valence-corrected chi connectivity index (χ3v) is 9.31. The maximum absolute atomic E-state index is 11.2. The van der Waals surface area contributed by atoms with Crippen LogP contribution in [-0.2, 0) is 125 Å². The summed E-state index contributed by atoms with van der Waals surface area (Å²) < 4.78 is 85.7. The summed E-state index contributed by atoms with van der Waals surface area (Å²) in [4.78, 5) is 129. The fourth-order valence-electron chi connectivity index (χ4n) is 5.38. The Bertz CT molecular complexity index is 3080. The first-order valence-corrected chi connectivity index (χ1v) is 25.6. The van der Waals surface area contributed by atoms with Crippen LogP contribution in [0.1, 0.15) is 159 Å². The normalized spacial score (nSPS) is 9.63. The lowest BCUT2D eigenvalue weighted by atomic mass is 10.4. The van der Waals surface area contributed by atoms with E-state index in [0.29, 0.717) is 80.2 Å². The second-order valence-corrected chi connectivity index (χ2v) is 15.6. The molecule has 30 heteroatoms. The fraction of sp³-hybridized carbons (Fsp3) is 0.368. The third-order valence-electron chi connectivity index (χ3n) is 9.31. The number of hydrogen-bond donors (Lipinski definition) is 0. The minimum Gasteiger partial charge on any atom is -0.463 e. The molecule has 6 heterocycles. The first-order chi connectivity index (χ1) is 41.6. The zero-order chi connectivity index (χ0) is 65.1. The van der Waals surface area contributed by atoms with Crippen molar-refractivity contribution in [1.82, 2.24) is 0 Å². The molecule has 6 aromatic heterocycles. The van der Waals surface area contributed by atoms with Gasteiger partial charge in [0.1, 0.15) is 74.2 Å². The highest BCUT2D eigenvalue weighted by atomic mass is 16.6. The molecule has 0 amide bonds. The summed E-state index contributed by atoms with van der Waals surface area (Å²) in [6, 6.07) is 18.2. The van der Waals surface area contributed by atoms with Crippen molar-refractivity contribution in [2.24, 2.45) is 0 Å². The van der Waals surface area contributed by atoms with E-state index in [1.807, 2.05) is 0 Å². The van der Waals surface area contributed by atoms with Gasteiger partial charge in [-0.2, -0.15) is 0 Å². The maximum Gasteiger partial charge on any atom is 0.374 e. The summed E-state index contributed by atoms with van der Waals surface area (Å²) >= 11 is 0. The molecule has 0 saturated carbocycles. The molecule has 0 aliphatic heterocycles. The average molecular weight is 1230 g/mol. The van der Waals surface area contributed by atoms with Crippen molar-refractivity contribution >= 4 is 72.6 Å². The van der Waals surface area contributed by atoms with Gasteiger partial charge in [-0.15, -0.1) is 0 Å². The fourth-order valence-corrected chi connectivity index (χ4v) is 5.38. The molecule has 0 aliphatic rings. The molecular weight excluding hydrogens is 1160 g/mol. The van der Waals surface area contributed by atoms with E-state index in [4.69, 9.17) is 54.9 Å². The van der Waals surface area contributed by atoms with Gasteiger partial charge in [0.15, 0.2) is 0 Å². The van der Waals surface area contributed by atoms with Crippen LogP contribution in [0.15, 0.2) is 99.3 Å². The lowest BCUT2D eigenvalue weighted by molar-refractivity contribution is -0.145. The molecular formula is C57H66O30. The maximum atomic E-state index is 11.2. The van der Waals surface area contributed by atoms with Crippen molar-refractivity contribution in [3.8, 4) is 0 Å². The number of esters is 10. The van der Waals surface area contributed by atoms with Gasteiger partial charge in [0.25, 0.3) is 12.9 Å². The zero-order valence-corrected chi connectivity index (χ0v) is 49.1. The van der Waals surface area contributed by atoms with Crippen LogP contribution < -0.4 is 0 Å². The summed E-state index contributed by atoms with van der Waals surface area (Å²) in [7, 11) is 3.78. The molecule has 0 aromatic carbocycles. The SMILES string of the molecule is CCC(=O)OCc1ccc(C(=O)OC)o1.CCOC(=O)c1ccc(COC(=O)CC)o1.CCOC(=O)c1ccc(COC(C)=O)o1.CCOC(=O)c1ccc(COC=O)o1.COC(=O)c1ccc(COC(C)=O)o1.COC(=O)c1ccc(COC=O)o1. The molecule has 0 unspecified atom stereocenters. The van der Waals surface area contributed by atoms with E-state index in [1.165, 1.54) is 77.6 Å². The van der Waals surface area contributed by atoms with Gasteiger partial charge in [0.2, 0.25) is 34.6 Å². The number of methoxy groups -OCH3 is 3. The smallest absolute Gasteiger partial charge is 0.374 e. The highest BCUT2D eigenvalue weighted by Gasteiger charge is 2.17. The molecule has 474 valence electrons. The predicted octanol–water partition coefficient (Wildman–Crippen LogP) is 7.95. The van der Waals surface area contributed by atoms with E-state index in [1.54, 1.807) is 65.0 Å². The number of rotatable bonds is 25. The highest BCUT2D eigenvalue weighted by molar-refractivity contribution is 5.88. The van der Waals surface area contributed by atoms with Crippen LogP contribution in [0.3, 0.4) is 0 Å². The summed E-state index contributed by atoms with van der Waals surface area (Å²) in [6.45, 7) is 12.8. The molecule has 6 rings (SSSR count). The van der Waals surface area contributed by atoms with E-state index >= 15 is 0 Å². The predicted molar refractivity (Wildman–Crippen MR) is 287 cm³/mol. The number of carbonyl (C=O) groups excluding carboxylic acids is 12. The first kappa shape index (κ1) is 74.3. The topological polar surface area (TPSA) is 394 Å². The minimum absolute atomic E-state index is 0.0144. The zero-order valence-electron chi connectivity index (χ0n) is 49.1. The molecule has 87 heavy (non-hydrogen) atoms. The van der Waals surface area contributed by atoms with E-state index in [9.17, 15) is 57.5 Å². The Kier molecular flexibility index (Phi) is 36.8. The van der Waals surface area contributed by atoms with Gasteiger partial charge in [-0.25, -0.2) is 28.8 Å². The van der Waals surface area contributed by atoms with Crippen molar-refractivity contribution in [3.63, 3.8) is 0 Å². The Morgan fingerprint density at radius 1 is 0.322 bits per heavy atom. The Balaban J connectivity index is 0.000000523. The van der Waals surface area contributed by atoms with Gasteiger partial charge in [-0.05, 0) is 93.6 Å². The number of carbonyl (C=O) groups is 12. The number of hydrogen-bond acceptors (Lipinski definition) is 30. The summed E-state index contributed by atoms with van der Waals surface area (Å²) in [5.74, 6) is -1.60. The number of ether oxygens (including phenoxy) is 12. The van der Waals surface area contributed by atoms with Crippen molar-refractivity contribution in [3.05, 3.63) is 142 Å². The second kappa shape index (κ2) is 43.0. The van der Waals surface area contributed by atoms with Crippen LogP contribution in [0.25, 0.3) is 0 Å². The lowest BCUT2D eigenvalue weighted by Crippen LogP contribution is -2.03. The lowest BCUT2D eigenvalue weighted by Gasteiger charge is -2.00. The van der Waals surface area contributed by atoms with Crippen molar-refractivity contribution in [1.29, 1.82) is 0 Å². The van der Waals surface area contributed by atoms with Gasteiger partial charge < -0.3 is 83.3 Å². The molecule has 0 fully saturated rings. The van der Waals surface area contributed by atoms with Crippen LogP contribution in [0.2, 0.25) is 0 Å². The van der Waals surface area contributed by atoms with Crippen LogP contribution in [0, 0.1) is 0 Å². The molecule has 0 bridgehead atoms. The molecule has 0 radical (unpaired) electrons.